The summed E-state index contributed by atoms with van der Waals surface area (Å²) >= 11 is 6.75. The minimum Gasteiger partial charge on any atom is -0.451 e. The zero-order chi connectivity index (χ0) is 22.7. The summed E-state index contributed by atoms with van der Waals surface area (Å²) in [5.41, 5.74) is 3.06. The summed E-state index contributed by atoms with van der Waals surface area (Å²) < 4.78 is 8.58. The van der Waals surface area contributed by atoms with Crippen molar-refractivity contribution >= 4 is 43.6 Å². The van der Waals surface area contributed by atoms with Gasteiger partial charge in [0.2, 0.25) is 0 Å². The maximum atomic E-state index is 12.7. The zero-order valence-electron chi connectivity index (χ0n) is 17.0. The van der Waals surface area contributed by atoms with Gasteiger partial charge in [0, 0.05) is 20.1 Å². The number of nitrogens with zero attached hydrogens (tertiary/aromatic N) is 3. The summed E-state index contributed by atoms with van der Waals surface area (Å²) in [6.45, 7) is 1.58. The average Bonchev–Trinajstić information content (AvgIpc) is 3.24. The molecule has 0 saturated carbocycles. The van der Waals surface area contributed by atoms with Crippen LogP contribution in [0.5, 0.6) is 0 Å². The fourth-order valence-electron chi connectivity index (χ4n) is 3.05. The highest BCUT2D eigenvalue weighted by Gasteiger charge is 2.21. The number of aromatic nitrogens is 3. The molecule has 0 amide bonds. The summed E-state index contributed by atoms with van der Waals surface area (Å²) in [4.78, 5) is 29.4. The Kier molecular flexibility index (Phi) is 6.62. The molecule has 0 unspecified atom stereocenters. The van der Waals surface area contributed by atoms with Gasteiger partial charge in [-0.05, 0) is 49.4 Å². The van der Waals surface area contributed by atoms with E-state index in [0.29, 0.717) is 11.4 Å². The topological polar surface area (TPSA) is 74.1 Å². The lowest BCUT2D eigenvalue weighted by Gasteiger charge is -2.06. The van der Waals surface area contributed by atoms with Crippen LogP contribution in [-0.2, 0) is 4.74 Å². The van der Waals surface area contributed by atoms with Crippen molar-refractivity contribution in [1.29, 1.82) is 0 Å². The van der Waals surface area contributed by atoms with Crippen LogP contribution in [0.3, 0.4) is 0 Å². The van der Waals surface area contributed by atoms with E-state index in [0.717, 1.165) is 25.8 Å². The molecule has 0 radical (unpaired) electrons. The molecule has 0 aliphatic rings. The van der Waals surface area contributed by atoms with E-state index < -0.39 is 12.6 Å². The van der Waals surface area contributed by atoms with Gasteiger partial charge >= 0.3 is 5.97 Å². The third-order valence-electron chi connectivity index (χ3n) is 4.64. The molecule has 0 N–H and O–H groups in total. The number of aryl methyl sites for hydroxylation is 1. The molecule has 3 aromatic carbocycles. The number of hydrogen-bond acceptors (Lipinski definition) is 5. The predicted molar refractivity (Wildman–Crippen MR) is 128 cm³/mol. The van der Waals surface area contributed by atoms with Crippen LogP contribution in [0.2, 0.25) is 0 Å². The molecular formula is C24H17Br2N3O3. The quantitative estimate of drug-likeness (QED) is 0.222. The zero-order valence-corrected chi connectivity index (χ0v) is 20.1. The Morgan fingerprint density at radius 2 is 1.59 bits per heavy atom. The van der Waals surface area contributed by atoms with Crippen molar-refractivity contribution in [3.05, 3.63) is 98.7 Å². The number of ether oxygens (including phenoxy) is 1. The summed E-state index contributed by atoms with van der Waals surface area (Å²) in [5, 5.41) is 4.38. The van der Waals surface area contributed by atoms with Crippen LogP contribution < -0.4 is 0 Å². The van der Waals surface area contributed by atoms with Gasteiger partial charge in [0.25, 0.3) is 5.82 Å². The number of rotatable bonds is 6. The maximum absolute atomic E-state index is 12.7. The Morgan fingerprint density at radius 3 is 2.25 bits per heavy atom. The Labute approximate surface area is 201 Å². The lowest BCUT2D eigenvalue weighted by atomic mass is 10.1. The van der Waals surface area contributed by atoms with Crippen LogP contribution in [0.25, 0.3) is 17.1 Å². The molecule has 4 aromatic rings. The molecule has 0 saturated heterocycles. The SMILES string of the molecule is Cc1cccc(-c2nc(C(=O)OCC(=O)c3ccc(Br)cc3)nn2-c2ccc(Br)cc2)c1. The van der Waals surface area contributed by atoms with Gasteiger partial charge in [-0.1, -0.05) is 67.8 Å². The van der Waals surface area contributed by atoms with Crippen LogP contribution >= 0.6 is 31.9 Å². The van der Waals surface area contributed by atoms with Crippen molar-refractivity contribution in [1.82, 2.24) is 14.8 Å². The van der Waals surface area contributed by atoms with Gasteiger partial charge in [-0.2, -0.15) is 0 Å². The fraction of sp³-hybridized carbons (Fsp3) is 0.0833. The first kappa shape index (κ1) is 22.1. The second kappa shape index (κ2) is 9.58. The van der Waals surface area contributed by atoms with E-state index in [4.69, 9.17) is 4.74 Å². The highest BCUT2D eigenvalue weighted by atomic mass is 79.9. The Hall–Kier alpha value is -3.10. The largest absolute Gasteiger partial charge is 0.451 e. The van der Waals surface area contributed by atoms with E-state index >= 15 is 0 Å². The number of benzene rings is 3. The monoisotopic (exact) mass is 553 g/mol. The summed E-state index contributed by atoms with van der Waals surface area (Å²) in [6.07, 6.45) is 0. The molecular weight excluding hydrogens is 538 g/mol. The van der Waals surface area contributed by atoms with Gasteiger partial charge < -0.3 is 4.74 Å². The molecule has 1 aromatic heterocycles. The molecule has 0 fully saturated rings. The second-order valence-corrected chi connectivity index (χ2v) is 8.85. The van der Waals surface area contributed by atoms with Gasteiger partial charge in [-0.25, -0.2) is 14.5 Å². The van der Waals surface area contributed by atoms with E-state index in [9.17, 15) is 9.59 Å². The molecule has 0 bridgehead atoms. The number of hydrogen-bond donors (Lipinski definition) is 0. The van der Waals surface area contributed by atoms with Crippen molar-refractivity contribution < 1.29 is 14.3 Å². The first-order valence-corrected chi connectivity index (χ1v) is 11.3. The minimum atomic E-state index is -0.764. The first-order chi connectivity index (χ1) is 15.4. The highest BCUT2D eigenvalue weighted by Crippen LogP contribution is 2.23. The third kappa shape index (κ3) is 5.03. The smallest absolute Gasteiger partial charge is 0.378 e. The number of esters is 1. The van der Waals surface area contributed by atoms with Crippen LogP contribution in [-0.4, -0.2) is 33.1 Å². The minimum absolute atomic E-state index is 0.118. The van der Waals surface area contributed by atoms with Gasteiger partial charge in [0.1, 0.15) is 0 Å². The molecule has 8 heteroatoms. The van der Waals surface area contributed by atoms with Crippen molar-refractivity contribution in [2.75, 3.05) is 6.61 Å². The van der Waals surface area contributed by atoms with Crippen LogP contribution in [0.4, 0.5) is 0 Å². The lowest BCUT2D eigenvalue weighted by molar-refractivity contribution is 0.0462. The van der Waals surface area contributed by atoms with Crippen LogP contribution in [0, 0.1) is 6.92 Å². The number of Topliss-reactive ketones (excluding diaryl/α,β-unsaturated/α-hetero) is 1. The molecule has 1 heterocycles. The van der Waals surface area contributed by atoms with Gasteiger partial charge in [0.15, 0.2) is 18.2 Å². The van der Waals surface area contributed by atoms with E-state index in [-0.39, 0.29) is 11.6 Å². The number of halogens is 2. The van der Waals surface area contributed by atoms with Crippen molar-refractivity contribution in [2.24, 2.45) is 0 Å². The van der Waals surface area contributed by atoms with E-state index in [2.05, 4.69) is 41.9 Å². The van der Waals surface area contributed by atoms with Gasteiger partial charge in [-0.15, -0.1) is 5.10 Å². The Balaban J connectivity index is 1.61. The first-order valence-electron chi connectivity index (χ1n) is 9.66. The molecule has 6 nitrogen and oxygen atoms in total. The van der Waals surface area contributed by atoms with Crippen LogP contribution in [0.1, 0.15) is 26.5 Å². The molecule has 4 rings (SSSR count). The van der Waals surface area contributed by atoms with Gasteiger partial charge in [-0.3, -0.25) is 4.79 Å². The van der Waals surface area contributed by atoms with Crippen LogP contribution in [0.15, 0.2) is 81.7 Å². The number of ketones is 1. The number of carbonyl (C=O) groups excluding carboxylic acids is 2. The molecule has 0 aliphatic carbocycles. The molecule has 0 spiro atoms. The Morgan fingerprint density at radius 1 is 0.938 bits per heavy atom. The second-order valence-electron chi connectivity index (χ2n) is 7.02. The molecule has 0 atom stereocenters. The van der Waals surface area contributed by atoms with Crippen molar-refractivity contribution in [3.63, 3.8) is 0 Å². The predicted octanol–water partition coefficient (Wildman–Crippen LogP) is 5.81. The standard InChI is InChI=1S/C24H17Br2N3O3/c1-15-3-2-4-17(13-15)23-27-22(28-29(23)20-11-9-19(26)10-12-20)24(31)32-14-21(30)16-5-7-18(25)8-6-16/h2-13H,14H2,1H3. The lowest BCUT2D eigenvalue weighted by Crippen LogP contribution is -2.15. The van der Waals surface area contributed by atoms with E-state index in [1.807, 2.05) is 55.5 Å². The maximum Gasteiger partial charge on any atom is 0.378 e. The van der Waals surface area contributed by atoms with Crippen molar-refractivity contribution in [3.8, 4) is 17.1 Å². The number of carbonyl (C=O) groups is 2. The molecule has 0 aliphatic heterocycles. The average molecular weight is 555 g/mol. The fourth-order valence-corrected chi connectivity index (χ4v) is 3.58. The molecule has 160 valence electrons. The normalized spacial score (nSPS) is 10.7. The summed E-state index contributed by atoms with van der Waals surface area (Å²) in [7, 11) is 0. The third-order valence-corrected chi connectivity index (χ3v) is 5.70. The van der Waals surface area contributed by atoms with Gasteiger partial charge in [0.05, 0.1) is 5.69 Å². The highest BCUT2D eigenvalue weighted by molar-refractivity contribution is 9.10. The summed E-state index contributed by atoms with van der Waals surface area (Å²) in [5.74, 6) is -0.687. The Bertz CT molecular complexity index is 1280. The van der Waals surface area contributed by atoms with Crippen molar-refractivity contribution in [2.45, 2.75) is 6.92 Å². The summed E-state index contributed by atoms with van der Waals surface area (Å²) in [6, 6.07) is 22.1. The van der Waals surface area contributed by atoms with E-state index in [1.165, 1.54) is 0 Å². The van der Waals surface area contributed by atoms with E-state index in [1.54, 1.807) is 28.9 Å². The molecule has 32 heavy (non-hydrogen) atoms.